The van der Waals surface area contributed by atoms with Crippen LogP contribution in [0.1, 0.15) is 25.7 Å². The van der Waals surface area contributed by atoms with Gasteiger partial charge in [0.25, 0.3) is 0 Å². The van der Waals surface area contributed by atoms with E-state index >= 15 is 0 Å². The van der Waals surface area contributed by atoms with Gasteiger partial charge in [0.15, 0.2) is 11.6 Å². The summed E-state index contributed by atoms with van der Waals surface area (Å²) in [6.45, 7) is 0.829. The Morgan fingerprint density at radius 3 is 2.70 bits per heavy atom. The van der Waals surface area contributed by atoms with Crippen molar-refractivity contribution in [3.05, 3.63) is 5.28 Å². The smallest absolute Gasteiger partial charge is 0.226 e. The van der Waals surface area contributed by atoms with Gasteiger partial charge in [-0.2, -0.15) is 9.97 Å². The lowest BCUT2D eigenvalue weighted by atomic mass is 9.95. The molecule has 108 valence electrons. The number of hydrogen-bond acceptors (Lipinski definition) is 5. The number of nitrogens with zero attached hydrogens (tertiary/aromatic N) is 4. The van der Waals surface area contributed by atoms with E-state index in [1.807, 2.05) is 7.05 Å². The molecule has 2 heterocycles. The number of halogens is 1. The molecular weight excluding hydrogens is 274 g/mol. The van der Waals surface area contributed by atoms with Crippen molar-refractivity contribution in [3.63, 3.8) is 0 Å². The summed E-state index contributed by atoms with van der Waals surface area (Å²) in [4.78, 5) is 13.1. The molecule has 0 radical (unpaired) electrons. The van der Waals surface area contributed by atoms with Crippen molar-refractivity contribution >= 4 is 28.9 Å². The summed E-state index contributed by atoms with van der Waals surface area (Å²) >= 11 is 6.10. The molecule has 2 bridgehead atoms. The number of hydrogen-bond donors (Lipinski definition) is 1. The molecule has 0 saturated heterocycles. The van der Waals surface area contributed by atoms with Crippen LogP contribution in [0, 0.1) is 11.8 Å². The van der Waals surface area contributed by atoms with Crippen molar-refractivity contribution in [2.45, 2.75) is 31.7 Å². The van der Waals surface area contributed by atoms with E-state index in [9.17, 15) is 0 Å². The summed E-state index contributed by atoms with van der Waals surface area (Å²) in [5, 5.41) is 3.99. The molecule has 20 heavy (non-hydrogen) atoms. The molecule has 1 aliphatic heterocycles. The maximum Gasteiger partial charge on any atom is 0.226 e. The van der Waals surface area contributed by atoms with Crippen LogP contribution in [-0.2, 0) is 0 Å². The normalized spacial score (nSPS) is 31.1. The largest absolute Gasteiger partial charge is 0.365 e. The molecule has 2 aliphatic carbocycles. The van der Waals surface area contributed by atoms with E-state index < -0.39 is 0 Å². The van der Waals surface area contributed by atoms with Crippen LogP contribution in [0.4, 0.5) is 17.3 Å². The molecule has 2 saturated carbocycles. The Bertz CT molecular complexity index is 549. The number of rotatable bonds is 2. The van der Waals surface area contributed by atoms with Gasteiger partial charge in [0.05, 0.1) is 6.67 Å². The van der Waals surface area contributed by atoms with Crippen molar-refractivity contribution < 1.29 is 0 Å². The molecule has 1 aromatic heterocycles. The zero-order valence-electron chi connectivity index (χ0n) is 11.9. The fraction of sp³-hybridized carbons (Fsp3) is 0.714. The van der Waals surface area contributed by atoms with Crippen LogP contribution in [0.5, 0.6) is 0 Å². The number of fused-ring (bicyclic) bond motifs is 3. The molecule has 6 heteroatoms. The summed E-state index contributed by atoms with van der Waals surface area (Å²) in [5.74, 6) is 3.57. The first-order valence-corrected chi connectivity index (χ1v) is 7.76. The second-order valence-electron chi connectivity index (χ2n) is 6.48. The second-order valence-corrected chi connectivity index (χ2v) is 6.81. The summed E-state index contributed by atoms with van der Waals surface area (Å²) in [5.41, 5.74) is 1.08. The van der Waals surface area contributed by atoms with Gasteiger partial charge in [0, 0.05) is 20.1 Å². The molecule has 5 nitrogen and oxygen atoms in total. The van der Waals surface area contributed by atoms with Crippen molar-refractivity contribution in [2.24, 2.45) is 11.8 Å². The van der Waals surface area contributed by atoms with Crippen molar-refractivity contribution in [1.29, 1.82) is 0 Å². The molecular formula is C14H20ClN5. The molecule has 0 amide bonds. The van der Waals surface area contributed by atoms with Crippen LogP contribution in [0.15, 0.2) is 0 Å². The second kappa shape index (κ2) is 4.38. The monoisotopic (exact) mass is 293 g/mol. The molecule has 3 aliphatic rings. The molecule has 1 aromatic rings. The van der Waals surface area contributed by atoms with Crippen LogP contribution in [0.2, 0.25) is 5.28 Å². The fourth-order valence-electron chi connectivity index (χ4n) is 4.19. The van der Waals surface area contributed by atoms with E-state index in [1.54, 1.807) is 0 Å². The first kappa shape index (κ1) is 12.5. The summed E-state index contributed by atoms with van der Waals surface area (Å²) in [6.07, 6.45) is 5.43. The van der Waals surface area contributed by atoms with Gasteiger partial charge in [-0.25, -0.2) is 0 Å². The fourth-order valence-corrected chi connectivity index (χ4v) is 4.35. The Morgan fingerprint density at radius 2 is 2.00 bits per heavy atom. The minimum atomic E-state index is 0.330. The van der Waals surface area contributed by atoms with Crippen molar-refractivity contribution in [3.8, 4) is 0 Å². The van der Waals surface area contributed by atoms with Crippen molar-refractivity contribution in [2.75, 3.05) is 35.9 Å². The zero-order chi connectivity index (χ0) is 13.9. The molecule has 2 fully saturated rings. The minimum Gasteiger partial charge on any atom is -0.365 e. The van der Waals surface area contributed by atoms with Gasteiger partial charge in [-0.3, -0.25) is 0 Å². The van der Waals surface area contributed by atoms with Gasteiger partial charge in [0.2, 0.25) is 5.28 Å². The Kier molecular flexibility index (Phi) is 2.74. The Hall–Kier alpha value is -1.23. The maximum atomic E-state index is 6.10. The van der Waals surface area contributed by atoms with E-state index in [4.69, 9.17) is 11.6 Å². The summed E-state index contributed by atoms with van der Waals surface area (Å²) in [7, 11) is 4.11. The standard InChI is InChI=1S/C14H20ClN5/c1-19-7-20(2)13-11(19)12(17-14(15)18-13)16-10-6-8-3-4-9(10)5-8/h8-10H,3-7H2,1-2H3,(H,16,17,18). The highest BCUT2D eigenvalue weighted by Crippen LogP contribution is 2.47. The van der Waals surface area contributed by atoms with Crippen LogP contribution in [-0.4, -0.2) is 36.8 Å². The lowest BCUT2D eigenvalue weighted by Gasteiger charge is -2.25. The highest BCUT2D eigenvalue weighted by Gasteiger charge is 2.40. The Balaban J connectivity index is 1.66. The van der Waals surface area contributed by atoms with Crippen LogP contribution < -0.4 is 15.1 Å². The number of anilines is 3. The van der Waals surface area contributed by atoms with Gasteiger partial charge < -0.3 is 15.1 Å². The third-order valence-corrected chi connectivity index (χ3v) is 5.24. The first-order chi connectivity index (χ1) is 9.61. The maximum absolute atomic E-state index is 6.10. The van der Waals surface area contributed by atoms with E-state index in [1.165, 1.54) is 25.7 Å². The number of nitrogens with one attached hydrogen (secondary N) is 1. The Labute approximate surface area is 124 Å². The third-order valence-electron chi connectivity index (χ3n) is 5.07. The highest BCUT2D eigenvalue weighted by atomic mass is 35.5. The van der Waals surface area contributed by atoms with Crippen LogP contribution in [0.25, 0.3) is 0 Å². The number of aromatic nitrogens is 2. The molecule has 1 N–H and O–H groups in total. The third kappa shape index (κ3) is 1.83. The topological polar surface area (TPSA) is 44.3 Å². The zero-order valence-corrected chi connectivity index (χ0v) is 12.7. The minimum absolute atomic E-state index is 0.330. The van der Waals surface area contributed by atoms with Gasteiger partial charge in [0.1, 0.15) is 5.69 Å². The molecule has 4 rings (SSSR count). The summed E-state index contributed by atoms with van der Waals surface area (Å²) < 4.78 is 0. The van der Waals surface area contributed by atoms with Crippen LogP contribution in [0.3, 0.4) is 0 Å². The lowest BCUT2D eigenvalue weighted by Crippen LogP contribution is -2.28. The van der Waals surface area contributed by atoms with E-state index in [0.717, 1.165) is 35.8 Å². The highest BCUT2D eigenvalue weighted by molar-refractivity contribution is 6.28. The SMILES string of the molecule is CN1CN(C)c2c(NC3CC4CCC3C4)nc(Cl)nc21. The summed E-state index contributed by atoms with van der Waals surface area (Å²) in [6, 6.07) is 0.558. The first-order valence-electron chi connectivity index (χ1n) is 7.38. The van der Waals surface area contributed by atoms with E-state index in [-0.39, 0.29) is 0 Å². The predicted octanol–water partition coefficient (Wildman–Crippen LogP) is 2.57. The average Bonchev–Trinajstić information content (AvgIpc) is 3.05. The van der Waals surface area contributed by atoms with Gasteiger partial charge in [-0.1, -0.05) is 6.42 Å². The average molecular weight is 294 g/mol. The molecule has 0 spiro atoms. The van der Waals surface area contributed by atoms with Crippen LogP contribution >= 0.6 is 11.6 Å². The molecule has 3 unspecified atom stereocenters. The molecule has 3 atom stereocenters. The van der Waals surface area contributed by atoms with Crippen molar-refractivity contribution in [1.82, 2.24) is 9.97 Å². The van der Waals surface area contributed by atoms with E-state index in [0.29, 0.717) is 11.3 Å². The lowest BCUT2D eigenvalue weighted by molar-refractivity contribution is 0.439. The predicted molar refractivity (Wildman–Crippen MR) is 81.6 cm³/mol. The van der Waals surface area contributed by atoms with Gasteiger partial charge in [-0.15, -0.1) is 0 Å². The van der Waals surface area contributed by atoms with Gasteiger partial charge in [-0.05, 0) is 42.7 Å². The Morgan fingerprint density at radius 1 is 1.15 bits per heavy atom. The van der Waals surface area contributed by atoms with E-state index in [2.05, 4.69) is 32.1 Å². The quantitative estimate of drug-likeness (QED) is 0.849. The molecule has 0 aromatic carbocycles. The van der Waals surface area contributed by atoms with Gasteiger partial charge >= 0.3 is 0 Å².